The van der Waals surface area contributed by atoms with Crippen molar-refractivity contribution in [3.63, 3.8) is 0 Å². The molecular formula is C25H22N4O2. The molecule has 0 unspecified atom stereocenters. The summed E-state index contributed by atoms with van der Waals surface area (Å²) in [5.74, 6) is -0.564. The smallest absolute Gasteiger partial charge is 0.276 e. The Labute approximate surface area is 180 Å². The summed E-state index contributed by atoms with van der Waals surface area (Å²) in [6, 6.07) is 25.9. The molecule has 6 heteroatoms. The van der Waals surface area contributed by atoms with Gasteiger partial charge in [-0.2, -0.15) is 5.10 Å². The third-order valence-corrected chi connectivity index (χ3v) is 4.98. The molecule has 3 aromatic carbocycles. The fourth-order valence-electron chi connectivity index (χ4n) is 3.34. The number of hydrogen-bond donors (Lipinski definition) is 2. The number of carbonyl (C=O) groups excluding carboxylic acids is 2. The average Bonchev–Trinajstić information content (AvgIpc) is 3.18. The van der Waals surface area contributed by atoms with E-state index in [0.717, 1.165) is 11.4 Å². The summed E-state index contributed by atoms with van der Waals surface area (Å²) >= 11 is 0. The Kier molecular flexibility index (Phi) is 5.62. The second-order valence-corrected chi connectivity index (χ2v) is 7.17. The number of nitrogens with one attached hydrogen (secondary N) is 2. The van der Waals surface area contributed by atoms with E-state index in [1.807, 2.05) is 74.5 Å². The van der Waals surface area contributed by atoms with E-state index >= 15 is 0 Å². The Morgan fingerprint density at radius 1 is 0.774 bits per heavy atom. The van der Waals surface area contributed by atoms with Crippen LogP contribution >= 0.6 is 0 Å². The minimum atomic E-state index is -0.332. The fourth-order valence-corrected chi connectivity index (χ4v) is 3.34. The van der Waals surface area contributed by atoms with Gasteiger partial charge in [-0.05, 0) is 61.9 Å². The molecule has 1 aromatic heterocycles. The molecule has 2 N–H and O–H groups in total. The molecule has 154 valence electrons. The molecule has 4 aromatic rings. The second kappa shape index (κ2) is 8.67. The van der Waals surface area contributed by atoms with Crippen LogP contribution in [0.25, 0.3) is 5.69 Å². The highest BCUT2D eigenvalue weighted by atomic mass is 16.2. The van der Waals surface area contributed by atoms with Gasteiger partial charge in [0.15, 0.2) is 5.69 Å². The summed E-state index contributed by atoms with van der Waals surface area (Å²) in [6.07, 6.45) is 0. The van der Waals surface area contributed by atoms with Crippen LogP contribution in [0.15, 0.2) is 84.9 Å². The highest BCUT2D eigenvalue weighted by molar-refractivity contribution is 6.08. The molecule has 2 amide bonds. The van der Waals surface area contributed by atoms with Crippen LogP contribution in [-0.2, 0) is 0 Å². The predicted octanol–water partition coefficient (Wildman–Crippen LogP) is 4.99. The number of nitrogens with zero attached hydrogens (tertiary/aromatic N) is 2. The van der Waals surface area contributed by atoms with Gasteiger partial charge >= 0.3 is 0 Å². The monoisotopic (exact) mass is 410 g/mol. The summed E-state index contributed by atoms with van der Waals surface area (Å²) in [5, 5.41) is 10.2. The quantitative estimate of drug-likeness (QED) is 0.486. The molecule has 0 aliphatic heterocycles. The van der Waals surface area contributed by atoms with Gasteiger partial charge in [-0.15, -0.1) is 0 Å². The van der Waals surface area contributed by atoms with Crippen LogP contribution in [0.4, 0.5) is 11.4 Å². The number of aryl methyl sites for hydroxylation is 1. The standard InChI is InChI=1S/C25H22N4O2/c1-17-16-23(28-29(17)20-12-7-4-8-13-20)25(31)27-22-15-9-14-21(18(22)2)24(30)26-19-10-5-3-6-11-19/h3-16H,1-2H3,(H,26,30)(H,27,31). The maximum Gasteiger partial charge on any atom is 0.276 e. The van der Waals surface area contributed by atoms with Crippen molar-refractivity contribution in [2.75, 3.05) is 10.6 Å². The minimum absolute atomic E-state index is 0.232. The maximum atomic E-state index is 12.8. The number of rotatable bonds is 5. The number of aromatic nitrogens is 2. The Morgan fingerprint density at radius 3 is 2.16 bits per heavy atom. The molecule has 0 saturated heterocycles. The average molecular weight is 410 g/mol. The summed E-state index contributed by atoms with van der Waals surface area (Å²) < 4.78 is 1.73. The lowest BCUT2D eigenvalue weighted by atomic mass is 10.1. The number of amides is 2. The van der Waals surface area contributed by atoms with Crippen LogP contribution in [0.1, 0.15) is 32.1 Å². The number of carbonyl (C=O) groups is 2. The number of benzene rings is 3. The first kappa shape index (κ1) is 20.1. The molecule has 31 heavy (non-hydrogen) atoms. The minimum Gasteiger partial charge on any atom is -0.322 e. The van der Waals surface area contributed by atoms with Gasteiger partial charge in [0.05, 0.1) is 5.69 Å². The zero-order valence-electron chi connectivity index (χ0n) is 17.3. The van der Waals surface area contributed by atoms with E-state index in [-0.39, 0.29) is 11.8 Å². The molecule has 0 saturated carbocycles. The van der Waals surface area contributed by atoms with Gasteiger partial charge in [0.2, 0.25) is 0 Å². The third-order valence-electron chi connectivity index (χ3n) is 4.98. The zero-order chi connectivity index (χ0) is 21.8. The Bertz CT molecular complexity index is 1230. The number of para-hydroxylation sites is 2. The third kappa shape index (κ3) is 4.38. The van der Waals surface area contributed by atoms with Gasteiger partial charge in [-0.1, -0.05) is 42.5 Å². The molecular weight excluding hydrogens is 388 g/mol. The summed E-state index contributed by atoms with van der Waals surface area (Å²) in [5.41, 5.74) is 4.50. The molecule has 0 radical (unpaired) electrons. The molecule has 0 bridgehead atoms. The Morgan fingerprint density at radius 2 is 1.45 bits per heavy atom. The predicted molar refractivity (Wildman–Crippen MR) is 122 cm³/mol. The van der Waals surface area contributed by atoms with Gasteiger partial charge < -0.3 is 10.6 Å². The van der Waals surface area contributed by atoms with E-state index in [2.05, 4.69) is 15.7 Å². The Hall–Kier alpha value is -4.19. The van der Waals surface area contributed by atoms with Gasteiger partial charge in [-0.3, -0.25) is 9.59 Å². The van der Waals surface area contributed by atoms with Crippen LogP contribution in [0.2, 0.25) is 0 Å². The first-order valence-corrected chi connectivity index (χ1v) is 9.92. The lowest BCUT2D eigenvalue weighted by molar-refractivity contribution is 0.101. The lowest BCUT2D eigenvalue weighted by Gasteiger charge is -2.12. The largest absolute Gasteiger partial charge is 0.322 e. The first-order valence-electron chi connectivity index (χ1n) is 9.92. The molecule has 4 rings (SSSR count). The number of anilines is 2. The van der Waals surface area contributed by atoms with E-state index in [1.165, 1.54) is 0 Å². The highest BCUT2D eigenvalue weighted by Gasteiger charge is 2.17. The van der Waals surface area contributed by atoms with Gasteiger partial charge in [0, 0.05) is 22.6 Å². The van der Waals surface area contributed by atoms with Crippen LogP contribution in [-0.4, -0.2) is 21.6 Å². The molecule has 0 spiro atoms. The summed E-state index contributed by atoms with van der Waals surface area (Å²) in [6.45, 7) is 3.71. The molecule has 0 aliphatic rings. The van der Waals surface area contributed by atoms with Gasteiger partial charge in [0.25, 0.3) is 11.8 Å². The number of hydrogen-bond acceptors (Lipinski definition) is 3. The normalized spacial score (nSPS) is 10.5. The van der Waals surface area contributed by atoms with Gasteiger partial charge in [0.1, 0.15) is 0 Å². The molecule has 0 fully saturated rings. The van der Waals surface area contributed by atoms with E-state index in [1.54, 1.807) is 28.9 Å². The van der Waals surface area contributed by atoms with Crippen molar-refractivity contribution in [3.8, 4) is 5.69 Å². The van der Waals surface area contributed by atoms with E-state index < -0.39 is 0 Å². The highest BCUT2D eigenvalue weighted by Crippen LogP contribution is 2.21. The lowest BCUT2D eigenvalue weighted by Crippen LogP contribution is -2.17. The van der Waals surface area contributed by atoms with Crippen LogP contribution < -0.4 is 10.6 Å². The molecule has 0 aliphatic carbocycles. The first-order chi connectivity index (χ1) is 15.0. The zero-order valence-corrected chi connectivity index (χ0v) is 17.3. The van der Waals surface area contributed by atoms with Gasteiger partial charge in [-0.25, -0.2) is 4.68 Å². The van der Waals surface area contributed by atoms with Crippen molar-refractivity contribution in [2.45, 2.75) is 13.8 Å². The van der Waals surface area contributed by atoms with Crippen LogP contribution in [0, 0.1) is 13.8 Å². The summed E-state index contributed by atoms with van der Waals surface area (Å²) in [4.78, 5) is 25.6. The van der Waals surface area contributed by atoms with Crippen molar-refractivity contribution >= 4 is 23.2 Å². The van der Waals surface area contributed by atoms with E-state index in [9.17, 15) is 9.59 Å². The topological polar surface area (TPSA) is 76.0 Å². The maximum absolute atomic E-state index is 12.8. The molecule has 6 nitrogen and oxygen atoms in total. The van der Waals surface area contributed by atoms with Crippen LogP contribution in [0.5, 0.6) is 0 Å². The fraction of sp³-hybridized carbons (Fsp3) is 0.0800. The molecule has 1 heterocycles. The SMILES string of the molecule is Cc1c(NC(=O)c2cc(C)n(-c3ccccc3)n2)cccc1C(=O)Nc1ccccc1. The van der Waals surface area contributed by atoms with Crippen LogP contribution in [0.3, 0.4) is 0 Å². The van der Waals surface area contributed by atoms with Crippen molar-refractivity contribution < 1.29 is 9.59 Å². The van der Waals surface area contributed by atoms with E-state index in [0.29, 0.717) is 28.2 Å². The Balaban J connectivity index is 1.54. The second-order valence-electron chi connectivity index (χ2n) is 7.17. The van der Waals surface area contributed by atoms with Crippen molar-refractivity contribution in [1.29, 1.82) is 0 Å². The van der Waals surface area contributed by atoms with E-state index in [4.69, 9.17) is 0 Å². The van der Waals surface area contributed by atoms with Crippen molar-refractivity contribution in [1.82, 2.24) is 9.78 Å². The molecule has 0 atom stereocenters. The summed E-state index contributed by atoms with van der Waals surface area (Å²) in [7, 11) is 0. The van der Waals surface area contributed by atoms with Crippen molar-refractivity contribution in [3.05, 3.63) is 107 Å². The van der Waals surface area contributed by atoms with Crippen molar-refractivity contribution in [2.24, 2.45) is 0 Å².